The molecule has 7 nitrogen and oxygen atoms in total. The number of carbonyl (C=O) groups excluding carboxylic acids is 1. The molecule has 0 radical (unpaired) electrons. The van der Waals surface area contributed by atoms with E-state index in [2.05, 4.69) is 0 Å². The van der Waals surface area contributed by atoms with Crippen LogP contribution in [0.4, 0.5) is 0 Å². The normalized spacial score (nSPS) is 10.1. The van der Waals surface area contributed by atoms with E-state index in [9.17, 15) is 4.79 Å². The number of carbonyl (C=O) groups is 1. The average Bonchev–Trinajstić information content (AvgIpc) is 2.80. The molecule has 33 heavy (non-hydrogen) atoms. The fourth-order valence-corrected chi connectivity index (χ4v) is 3.10. The maximum Gasteiger partial charge on any atom is 0.338 e. The Balaban J connectivity index is 0.000000335. The van der Waals surface area contributed by atoms with Crippen LogP contribution in [0.1, 0.15) is 50.5 Å². The van der Waals surface area contributed by atoms with E-state index in [4.69, 9.17) is 52.0 Å². The first-order chi connectivity index (χ1) is 15.9. The van der Waals surface area contributed by atoms with Gasteiger partial charge in [0.2, 0.25) is 0 Å². The molecule has 0 aromatic heterocycles. The van der Waals surface area contributed by atoms with E-state index < -0.39 is 5.97 Å². The summed E-state index contributed by atoms with van der Waals surface area (Å²) in [7, 11) is 0. The van der Waals surface area contributed by atoms with E-state index in [0.29, 0.717) is 71.6 Å². The third-order valence-electron chi connectivity index (χ3n) is 3.96. The van der Waals surface area contributed by atoms with Crippen LogP contribution in [0, 0.1) is 0 Å². The number of aliphatic hydroxyl groups is 1. The highest BCUT2D eigenvalue weighted by Crippen LogP contribution is 2.36. The number of benzene rings is 2. The second-order valence-electron chi connectivity index (χ2n) is 6.30. The lowest BCUT2D eigenvalue weighted by atomic mass is 10.2. The number of rotatable bonds is 11. The highest BCUT2D eigenvalue weighted by molar-refractivity contribution is 6.34. The maximum atomic E-state index is 11.7. The van der Waals surface area contributed by atoms with Crippen LogP contribution >= 0.6 is 23.2 Å². The van der Waals surface area contributed by atoms with E-state index >= 15 is 0 Å². The summed E-state index contributed by atoms with van der Waals surface area (Å²) in [5, 5.41) is 9.88. The number of aliphatic hydroxyl groups excluding tert-OH is 1. The van der Waals surface area contributed by atoms with Gasteiger partial charge in [-0.1, -0.05) is 23.2 Å². The first kappa shape index (κ1) is 28.7. The van der Waals surface area contributed by atoms with Crippen molar-refractivity contribution in [2.24, 2.45) is 0 Å². The Morgan fingerprint density at radius 3 is 1.36 bits per heavy atom. The van der Waals surface area contributed by atoms with Crippen molar-refractivity contribution >= 4 is 29.2 Å². The molecule has 9 heteroatoms. The smallest absolute Gasteiger partial charge is 0.338 e. The molecule has 2 aromatic rings. The third-order valence-corrected chi connectivity index (χ3v) is 4.71. The number of ether oxygens (including phenoxy) is 5. The van der Waals surface area contributed by atoms with Gasteiger partial charge in [-0.3, -0.25) is 0 Å². The van der Waals surface area contributed by atoms with Crippen LogP contribution in [0.2, 0.25) is 10.0 Å². The summed E-state index contributed by atoms with van der Waals surface area (Å²) < 4.78 is 26.4. The van der Waals surface area contributed by atoms with E-state index in [1.54, 1.807) is 31.2 Å². The second kappa shape index (κ2) is 15.5. The zero-order valence-corrected chi connectivity index (χ0v) is 21.2. The van der Waals surface area contributed by atoms with Gasteiger partial charge in [-0.05, 0) is 64.4 Å². The molecule has 1 N–H and O–H groups in total. The summed E-state index contributed by atoms with van der Waals surface area (Å²) in [6.07, 6.45) is 0. The maximum absolute atomic E-state index is 11.7. The Hall–Kier alpha value is -2.35. The number of halogens is 2. The number of hydrogen-bond acceptors (Lipinski definition) is 7. The van der Waals surface area contributed by atoms with Crippen molar-refractivity contribution in [1.29, 1.82) is 0 Å². The van der Waals surface area contributed by atoms with Gasteiger partial charge in [-0.15, -0.1) is 0 Å². The highest BCUT2D eigenvalue weighted by atomic mass is 35.5. The summed E-state index contributed by atoms with van der Waals surface area (Å²) in [6, 6.07) is 6.56. The van der Waals surface area contributed by atoms with E-state index in [0.717, 1.165) is 5.56 Å². The van der Waals surface area contributed by atoms with Gasteiger partial charge in [0, 0.05) is 0 Å². The van der Waals surface area contributed by atoms with Crippen LogP contribution < -0.4 is 18.9 Å². The zero-order chi connectivity index (χ0) is 24.8. The SMILES string of the molecule is CCOC(=O)c1cc(OCC)c(Cl)c(OCC)c1.CCOc1cc(CO)cc(OCC)c1Cl. The molecule has 0 unspecified atom stereocenters. The molecule has 0 atom stereocenters. The minimum absolute atomic E-state index is 0.0582. The minimum atomic E-state index is -0.420. The monoisotopic (exact) mass is 502 g/mol. The molecule has 0 amide bonds. The predicted octanol–water partition coefficient (Wildman–Crippen LogP) is 5.94. The van der Waals surface area contributed by atoms with Crippen molar-refractivity contribution in [3.05, 3.63) is 45.4 Å². The van der Waals surface area contributed by atoms with Crippen molar-refractivity contribution in [3.8, 4) is 23.0 Å². The molecule has 2 rings (SSSR count). The van der Waals surface area contributed by atoms with Crippen LogP contribution in [0.15, 0.2) is 24.3 Å². The number of hydrogen-bond donors (Lipinski definition) is 1. The minimum Gasteiger partial charge on any atom is -0.492 e. The van der Waals surface area contributed by atoms with Gasteiger partial charge in [0.1, 0.15) is 33.0 Å². The molecule has 0 fully saturated rings. The van der Waals surface area contributed by atoms with Crippen molar-refractivity contribution < 1.29 is 33.6 Å². The van der Waals surface area contributed by atoms with Gasteiger partial charge >= 0.3 is 5.97 Å². The summed E-state index contributed by atoms with van der Waals surface area (Å²) >= 11 is 12.2. The quantitative estimate of drug-likeness (QED) is 0.380. The van der Waals surface area contributed by atoms with Gasteiger partial charge in [0.05, 0.1) is 45.2 Å². The van der Waals surface area contributed by atoms with E-state index in [-0.39, 0.29) is 6.61 Å². The van der Waals surface area contributed by atoms with Crippen LogP contribution in [0.25, 0.3) is 0 Å². The third kappa shape index (κ3) is 8.84. The molecule has 0 heterocycles. The predicted molar refractivity (Wildman–Crippen MR) is 129 cm³/mol. The lowest BCUT2D eigenvalue weighted by molar-refractivity contribution is 0.0525. The lowest BCUT2D eigenvalue weighted by Crippen LogP contribution is -2.06. The summed E-state index contributed by atoms with van der Waals surface area (Å²) in [5.41, 5.74) is 1.10. The van der Waals surface area contributed by atoms with Crippen molar-refractivity contribution in [1.82, 2.24) is 0 Å². The summed E-state index contributed by atoms with van der Waals surface area (Å²) in [4.78, 5) is 11.7. The topological polar surface area (TPSA) is 83.5 Å². The largest absolute Gasteiger partial charge is 0.492 e. The second-order valence-corrected chi connectivity index (χ2v) is 7.06. The average molecular weight is 503 g/mol. The van der Waals surface area contributed by atoms with E-state index in [1.165, 1.54) is 0 Å². The zero-order valence-electron chi connectivity index (χ0n) is 19.7. The Morgan fingerprint density at radius 2 is 1.06 bits per heavy atom. The van der Waals surface area contributed by atoms with Crippen LogP contribution in [0.3, 0.4) is 0 Å². The van der Waals surface area contributed by atoms with Gasteiger partial charge in [-0.25, -0.2) is 4.79 Å². The first-order valence-corrected chi connectivity index (χ1v) is 11.6. The molecular formula is C24H32Cl2O7. The Labute approximate surface area is 205 Å². The summed E-state index contributed by atoms with van der Waals surface area (Å²) in [5.74, 6) is 1.53. The Morgan fingerprint density at radius 1 is 0.697 bits per heavy atom. The van der Waals surface area contributed by atoms with Crippen molar-refractivity contribution in [2.75, 3.05) is 33.0 Å². The number of esters is 1. The van der Waals surface area contributed by atoms with Gasteiger partial charge in [0.25, 0.3) is 0 Å². The summed E-state index contributed by atoms with van der Waals surface area (Å²) in [6.45, 7) is 11.4. The van der Waals surface area contributed by atoms with Gasteiger partial charge < -0.3 is 28.8 Å². The molecular weight excluding hydrogens is 471 g/mol. The Kier molecular flexibility index (Phi) is 13.5. The molecule has 0 saturated heterocycles. The highest BCUT2D eigenvalue weighted by Gasteiger charge is 2.16. The fraction of sp³-hybridized carbons (Fsp3) is 0.458. The Bertz CT molecular complexity index is 833. The van der Waals surface area contributed by atoms with Crippen LogP contribution in [-0.4, -0.2) is 44.1 Å². The molecule has 0 saturated carbocycles. The molecule has 0 spiro atoms. The van der Waals surface area contributed by atoms with Crippen LogP contribution in [0.5, 0.6) is 23.0 Å². The molecule has 0 aliphatic heterocycles. The molecule has 0 bridgehead atoms. The lowest BCUT2D eigenvalue weighted by Gasteiger charge is -2.12. The van der Waals surface area contributed by atoms with E-state index in [1.807, 2.05) is 27.7 Å². The van der Waals surface area contributed by atoms with Crippen molar-refractivity contribution in [2.45, 2.75) is 41.2 Å². The fourth-order valence-electron chi connectivity index (χ4n) is 2.66. The molecule has 2 aromatic carbocycles. The first-order valence-electron chi connectivity index (χ1n) is 10.8. The molecule has 184 valence electrons. The molecule has 0 aliphatic rings. The van der Waals surface area contributed by atoms with Crippen molar-refractivity contribution in [3.63, 3.8) is 0 Å². The van der Waals surface area contributed by atoms with Crippen LogP contribution in [-0.2, 0) is 11.3 Å². The standard InChI is InChI=1S/C13H17ClO4.C11H15ClO3/c1-4-16-10-7-9(13(15)18-6-3)8-11(12(10)14)17-5-2;1-3-14-9-5-8(7-13)6-10(11(9)12)15-4-2/h7-8H,4-6H2,1-3H3;5-6,13H,3-4,7H2,1-2H3. The van der Waals surface area contributed by atoms with Gasteiger partial charge in [0.15, 0.2) is 0 Å². The molecule has 0 aliphatic carbocycles. The van der Waals surface area contributed by atoms with Gasteiger partial charge in [-0.2, -0.15) is 0 Å².